The Labute approximate surface area is 125 Å². The molecule has 1 aliphatic rings. The summed E-state index contributed by atoms with van der Waals surface area (Å²) in [6, 6.07) is 6.80. The molecule has 1 fully saturated rings. The van der Waals surface area contributed by atoms with Gasteiger partial charge in [-0.3, -0.25) is 15.0 Å². The predicted octanol–water partition coefficient (Wildman–Crippen LogP) is 1.10. The summed E-state index contributed by atoms with van der Waals surface area (Å²) in [6.45, 7) is 6.88. The molecule has 0 spiro atoms. The molecule has 0 radical (unpaired) electrons. The van der Waals surface area contributed by atoms with Crippen LogP contribution in [0.4, 0.5) is 5.69 Å². The van der Waals surface area contributed by atoms with E-state index in [0.717, 1.165) is 38.2 Å². The monoisotopic (exact) mass is 292 g/mol. The van der Waals surface area contributed by atoms with Crippen LogP contribution in [0.25, 0.3) is 0 Å². The molecule has 1 aliphatic heterocycles. The molecule has 0 aliphatic carbocycles. The van der Waals surface area contributed by atoms with E-state index in [1.54, 1.807) is 12.1 Å². The molecule has 6 heteroatoms. The third-order valence-corrected chi connectivity index (χ3v) is 4.44. The number of nitrogens with two attached hydrogens (primary N) is 1. The SMILES string of the molecule is CN1CCN(C(C)(CN)Cc2ccc([N+](=O)[O-])cc2)CC1. The van der Waals surface area contributed by atoms with Crippen LogP contribution in [0.3, 0.4) is 0 Å². The van der Waals surface area contributed by atoms with Crippen molar-refractivity contribution in [2.75, 3.05) is 39.8 Å². The van der Waals surface area contributed by atoms with Crippen LogP contribution >= 0.6 is 0 Å². The van der Waals surface area contributed by atoms with E-state index in [-0.39, 0.29) is 16.1 Å². The van der Waals surface area contributed by atoms with E-state index in [9.17, 15) is 10.1 Å². The van der Waals surface area contributed by atoms with Gasteiger partial charge in [-0.2, -0.15) is 0 Å². The maximum absolute atomic E-state index is 10.7. The lowest BCUT2D eigenvalue weighted by Crippen LogP contribution is -2.59. The Morgan fingerprint density at radius 2 is 1.81 bits per heavy atom. The second kappa shape index (κ2) is 6.51. The Bertz CT molecular complexity index is 483. The lowest BCUT2D eigenvalue weighted by Gasteiger charge is -2.45. The second-order valence-corrected chi connectivity index (χ2v) is 6.09. The van der Waals surface area contributed by atoms with E-state index < -0.39 is 0 Å². The molecule has 0 bridgehead atoms. The summed E-state index contributed by atoms with van der Waals surface area (Å²) < 4.78 is 0. The van der Waals surface area contributed by atoms with Crippen LogP contribution in [0.1, 0.15) is 12.5 Å². The number of nitro benzene ring substituents is 1. The highest BCUT2D eigenvalue weighted by Crippen LogP contribution is 2.23. The average Bonchev–Trinajstić information content (AvgIpc) is 2.48. The van der Waals surface area contributed by atoms with Gasteiger partial charge in [0.1, 0.15) is 0 Å². The largest absolute Gasteiger partial charge is 0.329 e. The van der Waals surface area contributed by atoms with Gasteiger partial charge in [0.05, 0.1) is 4.92 Å². The van der Waals surface area contributed by atoms with E-state index in [4.69, 9.17) is 5.73 Å². The molecule has 2 N–H and O–H groups in total. The standard InChI is InChI=1S/C15H24N4O2/c1-15(12-16,18-9-7-17(2)8-10-18)11-13-3-5-14(6-4-13)19(20)21/h3-6H,7-12,16H2,1-2H3. The van der Waals surface area contributed by atoms with E-state index in [0.29, 0.717) is 6.54 Å². The predicted molar refractivity (Wildman–Crippen MR) is 83.3 cm³/mol. The van der Waals surface area contributed by atoms with Crippen LogP contribution in [-0.4, -0.2) is 60.0 Å². The van der Waals surface area contributed by atoms with Gasteiger partial charge in [0.25, 0.3) is 5.69 Å². The number of likely N-dealkylation sites (N-methyl/N-ethyl adjacent to an activating group) is 1. The van der Waals surface area contributed by atoms with Gasteiger partial charge < -0.3 is 10.6 Å². The second-order valence-electron chi connectivity index (χ2n) is 6.09. The van der Waals surface area contributed by atoms with Crippen molar-refractivity contribution in [1.82, 2.24) is 9.80 Å². The van der Waals surface area contributed by atoms with E-state index in [1.165, 1.54) is 0 Å². The smallest absolute Gasteiger partial charge is 0.269 e. The molecule has 1 aromatic rings. The number of hydrogen-bond donors (Lipinski definition) is 1. The Balaban J connectivity index is 2.08. The molecule has 1 unspecified atom stereocenters. The summed E-state index contributed by atoms with van der Waals surface area (Å²) in [5, 5.41) is 10.7. The molecule has 6 nitrogen and oxygen atoms in total. The van der Waals surface area contributed by atoms with Crippen molar-refractivity contribution in [3.8, 4) is 0 Å². The molecule has 1 aromatic carbocycles. The number of nitro groups is 1. The van der Waals surface area contributed by atoms with Crippen LogP contribution in [-0.2, 0) is 6.42 Å². The molecule has 21 heavy (non-hydrogen) atoms. The molecule has 0 aromatic heterocycles. The van der Waals surface area contributed by atoms with Gasteiger partial charge in [0.2, 0.25) is 0 Å². The van der Waals surface area contributed by atoms with Gasteiger partial charge in [-0.05, 0) is 26.0 Å². The highest BCUT2D eigenvalue weighted by atomic mass is 16.6. The Morgan fingerprint density at radius 3 is 2.29 bits per heavy atom. The topological polar surface area (TPSA) is 75.6 Å². The van der Waals surface area contributed by atoms with Gasteiger partial charge in [0.15, 0.2) is 0 Å². The number of non-ortho nitro benzene ring substituents is 1. The van der Waals surface area contributed by atoms with E-state index in [2.05, 4.69) is 23.8 Å². The fraction of sp³-hybridized carbons (Fsp3) is 0.600. The maximum Gasteiger partial charge on any atom is 0.269 e. The molecule has 2 rings (SSSR count). The van der Waals surface area contributed by atoms with Crippen molar-refractivity contribution in [3.63, 3.8) is 0 Å². The summed E-state index contributed by atoms with van der Waals surface area (Å²) in [7, 11) is 2.13. The first kappa shape index (κ1) is 15.9. The molecule has 116 valence electrons. The highest BCUT2D eigenvalue weighted by molar-refractivity contribution is 5.33. The van der Waals surface area contributed by atoms with Gasteiger partial charge >= 0.3 is 0 Å². The third-order valence-electron chi connectivity index (χ3n) is 4.44. The number of rotatable bonds is 5. The lowest BCUT2D eigenvalue weighted by molar-refractivity contribution is -0.384. The van der Waals surface area contributed by atoms with Gasteiger partial charge in [-0.15, -0.1) is 0 Å². The molecule has 1 saturated heterocycles. The van der Waals surface area contributed by atoms with Crippen molar-refractivity contribution in [3.05, 3.63) is 39.9 Å². The minimum atomic E-state index is -0.369. The van der Waals surface area contributed by atoms with Crippen molar-refractivity contribution in [2.24, 2.45) is 5.73 Å². The molecule has 1 heterocycles. The summed E-state index contributed by atoms with van der Waals surface area (Å²) in [5.74, 6) is 0. The van der Waals surface area contributed by atoms with E-state index >= 15 is 0 Å². The zero-order valence-electron chi connectivity index (χ0n) is 12.8. The first-order valence-corrected chi connectivity index (χ1v) is 7.31. The summed E-state index contributed by atoms with van der Waals surface area (Å²) in [5.41, 5.74) is 7.16. The first-order chi connectivity index (χ1) is 9.94. The van der Waals surface area contributed by atoms with Gasteiger partial charge in [-0.25, -0.2) is 0 Å². The number of hydrogen-bond acceptors (Lipinski definition) is 5. The quantitative estimate of drug-likeness (QED) is 0.650. The van der Waals surface area contributed by atoms with Gasteiger partial charge in [0, 0.05) is 50.4 Å². The summed E-state index contributed by atoms with van der Waals surface area (Å²) in [4.78, 5) is 15.1. The molecule has 1 atom stereocenters. The normalized spacial score (nSPS) is 20.1. The van der Waals surface area contributed by atoms with Crippen LogP contribution < -0.4 is 5.73 Å². The average molecular weight is 292 g/mol. The fourth-order valence-electron chi connectivity index (χ4n) is 2.83. The molecular formula is C15H24N4O2. The zero-order valence-corrected chi connectivity index (χ0v) is 12.8. The zero-order chi connectivity index (χ0) is 15.5. The Kier molecular flexibility index (Phi) is 4.92. The number of nitrogens with zero attached hydrogens (tertiary/aromatic N) is 3. The van der Waals surface area contributed by atoms with Crippen LogP contribution in [0, 0.1) is 10.1 Å². The van der Waals surface area contributed by atoms with Crippen molar-refractivity contribution in [1.29, 1.82) is 0 Å². The molecule has 0 amide bonds. The van der Waals surface area contributed by atoms with Gasteiger partial charge in [-0.1, -0.05) is 12.1 Å². The fourth-order valence-corrected chi connectivity index (χ4v) is 2.83. The molecular weight excluding hydrogens is 268 g/mol. The minimum absolute atomic E-state index is 0.0998. The number of benzene rings is 1. The number of piperazine rings is 1. The summed E-state index contributed by atoms with van der Waals surface area (Å²) >= 11 is 0. The lowest BCUT2D eigenvalue weighted by atomic mass is 9.90. The first-order valence-electron chi connectivity index (χ1n) is 7.31. The molecule has 0 saturated carbocycles. The Morgan fingerprint density at radius 1 is 1.24 bits per heavy atom. The van der Waals surface area contributed by atoms with Crippen LogP contribution in [0.5, 0.6) is 0 Å². The highest BCUT2D eigenvalue weighted by Gasteiger charge is 2.32. The third kappa shape index (κ3) is 3.78. The maximum atomic E-state index is 10.7. The van der Waals surface area contributed by atoms with Crippen LogP contribution in [0.2, 0.25) is 0 Å². The van der Waals surface area contributed by atoms with Crippen molar-refractivity contribution < 1.29 is 4.92 Å². The van der Waals surface area contributed by atoms with Crippen LogP contribution in [0.15, 0.2) is 24.3 Å². The Hall–Kier alpha value is -1.50. The van der Waals surface area contributed by atoms with Crippen molar-refractivity contribution in [2.45, 2.75) is 18.9 Å². The summed E-state index contributed by atoms with van der Waals surface area (Å²) in [6.07, 6.45) is 0.811. The van der Waals surface area contributed by atoms with Crippen molar-refractivity contribution >= 4 is 5.69 Å². The van der Waals surface area contributed by atoms with E-state index in [1.807, 2.05) is 12.1 Å². The minimum Gasteiger partial charge on any atom is -0.329 e.